The van der Waals surface area contributed by atoms with Crippen LogP contribution in [-0.2, 0) is 11.2 Å². The van der Waals surface area contributed by atoms with Gasteiger partial charge in [-0.05, 0) is 22.4 Å². The largest absolute Gasteiger partial charge is 0.340 e. The van der Waals surface area contributed by atoms with Crippen LogP contribution in [0.5, 0.6) is 0 Å². The highest BCUT2D eigenvalue weighted by Crippen LogP contribution is 2.10. The van der Waals surface area contributed by atoms with E-state index >= 15 is 0 Å². The van der Waals surface area contributed by atoms with Gasteiger partial charge < -0.3 is 4.90 Å². The zero-order chi connectivity index (χ0) is 12.1. The Bertz CT molecular complexity index is 347. The molecule has 3 nitrogen and oxygen atoms in total. The maximum atomic E-state index is 12.0. The molecule has 1 saturated heterocycles. The molecule has 1 aliphatic heterocycles. The molecule has 0 aliphatic carbocycles. The molecule has 94 valence electrons. The van der Waals surface area contributed by atoms with E-state index in [2.05, 4.69) is 26.2 Å². The highest BCUT2D eigenvalue weighted by molar-refractivity contribution is 9.09. The third-order valence-electron chi connectivity index (χ3n) is 3.06. The van der Waals surface area contributed by atoms with Crippen LogP contribution < -0.4 is 0 Å². The van der Waals surface area contributed by atoms with Crippen molar-refractivity contribution in [2.75, 3.05) is 38.1 Å². The van der Waals surface area contributed by atoms with Gasteiger partial charge in [-0.15, -0.1) is 0 Å². The average molecular weight is 317 g/mol. The number of nitrogens with zero attached hydrogens (tertiary/aromatic N) is 2. The molecule has 17 heavy (non-hydrogen) atoms. The highest BCUT2D eigenvalue weighted by atomic mass is 79.9. The maximum absolute atomic E-state index is 12.0. The van der Waals surface area contributed by atoms with Crippen molar-refractivity contribution < 1.29 is 4.79 Å². The molecular weight excluding hydrogens is 300 g/mol. The van der Waals surface area contributed by atoms with Crippen molar-refractivity contribution >= 4 is 33.2 Å². The van der Waals surface area contributed by atoms with Crippen LogP contribution in [0.1, 0.15) is 5.56 Å². The molecule has 0 saturated carbocycles. The summed E-state index contributed by atoms with van der Waals surface area (Å²) in [5.41, 5.74) is 1.14. The second-order valence-electron chi connectivity index (χ2n) is 4.22. The fraction of sp³-hybridized carbons (Fsp3) is 0.583. The van der Waals surface area contributed by atoms with Crippen LogP contribution in [0.2, 0.25) is 0 Å². The molecule has 0 aromatic carbocycles. The molecule has 0 atom stereocenters. The Labute approximate surface area is 115 Å². The van der Waals surface area contributed by atoms with Gasteiger partial charge in [0.2, 0.25) is 5.91 Å². The van der Waals surface area contributed by atoms with Gasteiger partial charge in [0, 0.05) is 38.1 Å². The fourth-order valence-electron chi connectivity index (χ4n) is 2.02. The summed E-state index contributed by atoms with van der Waals surface area (Å²) in [6, 6.07) is 2.03. The van der Waals surface area contributed by atoms with Crippen molar-refractivity contribution in [3.05, 3.63) is 22.4 Å². The number of amides is 1. The summed E-state index contributed by atoms with van der Waals surface area (Å²) in [5, 5.41) is 5.09. The predicted molar refractivity (Wildman–Crippen MR) is 74.8 cm³/mol. The zero-order valence-electron chi connectivity index (χ0n) is 9.77. The fourth-order valence-corrected chi connectivity index (χ4v) is 3.19. The number of halogens is 1. The lowest BCUT2D eigenvalue weighted by atomic mass is 10.2. The molecule has 2 rings (SSSR count). The minimum atomic E-state index is 0.266. The molecule has 0 unspecified atom stereocenters. The van der Waals surface area contributed by atoms with Gasteiger partial charge in [0.1, 0.15) is 0 Å². The van der Waals surface area contributed by atoms with E-state index < -0.39 is 0 Å². The van der Waals surface area contributed by atoms with Gasteiger partial charge in [-0.1, -0.05) is 15.9 Å². The SMILES string of the molecule is O=C(Cc1ccsc1)N1CCN(CCBr)CC1. The van der Waals surface area contributed by atoms with E-state index in [1.807, 2.05) is 16.3 Å². The van der Waals surface area contributed by atoms with Gasteiger partial charge in [0.15, 0.2) is 0 Å². The van der Waals surface area contributed by atoms with Gasteiger partial charge in [0.05, 0.1) is 6.42 Å². The third-order valence-corrected chi connectivity index (χ3v) is 4.15. The minimum absolute atomic E-state index is 0.266. The van der Waals surface area contributed by atoms with E-state index in [0.717, 1.165) is 43.6 Å². The normalized spacial score (nSPS) is 17.4. The zero-order valence-corrected chi connectivity index (χ0v) is 12.2. The van der Waals surface area contributed by atoms with Crippen molar-refractivity contribution in [3.8, 4) is 0 Å². The number of hydrogen-bond acceptors (Lipinski definition) is 3. The number of piperazine rings is 1. The molecule has 0 spiro atoms. The Morgan fingerprint density at radius 3 is 2.71 bits per heavy atom. The van der Waals surface area contributed by atoms with E-state index in [1.165, 1.54) is 0 Å². The van der Waals surface area contributed by atoms with Crippen LogP contribution >= 0.6 is 27.3 Å². The lowest BCUT2D eigenvalue weighted by Gasteiger charge is -2.34. The standard InChI is InChI=1S/C12H17BrN2OS/c13-2-3-14-4-6-15(7-5-14)12(16)9-11-1-8-17-10-11/h1,8,10H,2-7,9H2. The summed E-state index contributed by atoms with van der Waals surface area (Å²) < 4.78 is 0. The summed E-state index contributed by atoms with van der Waals surface area (Å²) in [4.78, 5) is 16.4. The first-order chi connectivity index (χ1) is 8.29. The van der Waals surface area contributed by atoms with E-state index in [0.29, 0.717) is 6.42 Å². The van der Waals surface area contributed by atoms with Crippen LogP contribution in [0.3, 0.4) is 0 Å². The summed E-state index contributed by atoms with van der Waals surface area (Å²) in [7, 11) is 0. The van der Waals surface area contributed by atoms with Crippen molar-refractivity contribution in [1.82, 2.24) is 9.80 Å². The highest BCUT2D eigenvalue weighted by Gasteiger charge is 2.20. The number of alkyl halides is 1. The number of rotatable bonds is 4. The molecule has 5 heteroatoms. The lowest BCUT2D eigenvalue weighted by molar-refractivity contribution is -0.132. The first-order valence-electron chi connectivity index (χ1n) is 5.87. The van der Waals surface area contributed by atoms with E-state index in [4.69, 9.17) is 0 Å². The second kappa shape index (κ2) is 6.52. The van der Waals surface area contributed by atoms with Crippen molar-refractivity contribution in [1.29, 1.82) is 0 Å². The predicted octanol–water partition coefficient (Wildman–Crippen LogP) is 1.83. The smallest absolute Gasteiger partial charge is 0.227 e. The molecule has 0 N–H and O–H groups in total. The van der Waals surface area contributed by atoms with Gasteiger partial charge in [-0.2, -0.15) is 11.3 Å². The summed E-state index contributed by atoms with van der Waals surface area (Å²) in [6.45, 7) is 4.82. The maximum Gasteiger partial charge on any atom is 0.227 e. The van der Waals surface area contributed by atoms with Crippen LogP contribution in [-0.4, -0.2) is 53.8 Å². The second-order valence-corrected chi connectivity index (χ2v) is 5.79. The van der Waals surface area contributed by atoms with E-state index in [9.17, 15) is 4.79 Å². The summed E-state index contributed by atoms with van der Waals surface area (Å²) in [6.07, 6.45) is 0.557. The molecule has 1 aromatic rings. The summed E-state index contributed by atoms with van der Waals surface area (Å²) in [5.74, 6) is 0.266. The number of carbonyl (C=O) groups is 1. The number of hydrogen-bond donors (Lipinski definition) is 0. The monoisotopic (exact) mass is 316 g/mol. The number of thiophene rings is 1. The van der Waals surface area contributed by atoms with Gasteiger partial charge in [-0.25, -0.2) is 0 Å². The molecule has 0 radical (unpaired) electrons. The Kier molecular flexibility index (Phi) is 5.00. The molecule has 0 bridgehead atoms. The van der Waals surface area contributed by atoms with Gasteiger partial charge in [-0.3, -0.25) is 9.69 Å². The van der Waals surface area contributed by atoms with E-state index in [1.54, 1.807) is 11.3 Å². The topological polar surface area (TPSA) is 23.6 Å². The van der Waals surface area contributed by atoms with Crippen molar-refractivity contribution in [3.63, 3.8) is 0 Å². The van der Waals surface area contributed by atoms with Gasteiger partial charge >= 0.3 is 0 Å². The van der Waals surface area contributed by atoms with E-state index in [-0.39, 0.29) is 5.91 Å². The molecule has 1 fully saturated rings. The quantitative estimate of drug-likeness (QED) is 0.791. The molecule has 1 amide bonds. The van der Waals surface area contributed by atoms with Crippen LogP contribution in [0.25, 0.3) is 0 Å². The lowest BCUT2D eigenvalue weighted by Crippen LogP contribution is -2.49. The van der Waals surface area contributed by atoms with Crippen molar-refractivity contribution in [2.24, 2.45) is 0 Å². The first-order valence-corrected chi connectivity index (χ1v) is 7.93. The van der Waals surface area contributed by atoms with Crippen molar-refractivity contribution in [2.45, 2.75) is 6.42 Å². The minimum Gasteiger partial charge on any atom is -0.340 e. The Morgan fingerprint density at radius 2 is 2.12 bits per heavy atom. The molecule has 1 aromatic heterocycles. The Balaban J connectivity index is 1.78. The van der Waals surface area contributed by atoms with Crippen LogP contribution in [0.15, 0.2) is 16.8 Å². The molecular formula is C12H17BrN2OS. The number of carbonyl (C=O) groups excluding carboxylic acids is 1. The summed E-state index contributed by atoms with van der Waals surface area (Å²) >= 11 is 5.10. The molecule has 1 aliphatic rings. The van der Waals surface area contributed by atoms with Crippen LogP contribution in [0, 0.1) is 0 Å². The van der Waals surface area contributed by atoms with Crippen LogP contribution in [0.4, 0.5) is 0 Å². The Morgan fingerprint density at radius 1 is 1.35 bits per heavy atom. The first kappa shape index (κ1) is 13.1. The van der Waals surface area contributed by atoms with Gasteiger partial charge in [0.25, 0.3) is 0 Å². The Hall–Kier alpha value is -0.390. The average Bonchev–Trinajstić information content (AvgIpc) is 2.83. The molecule has 2 heterocycles. The third kappa shape index (κ3) is 3.79.